The van der Waals surface area contributed by atoms with E-state index < -0.39 is 0 Å². The minimum absolute atomic E-state index is 0. The minimum atomic E-state index is -0.276. The van der Waals surface area contributed by atoms with Crippen LogP contribution >= 0.6 is 12.4 Å². The summed E-state index contributed by atoms with van der Waals surface area (Å²) in [5.74, 6) is -0.420. The van der Waals surface area contributed by atoms with Gasteiger partial charge in [-0.05, 0) is 49.2 Å². The average molecular weight is 374 g/mol. The number of carbonyl (C=O) groups excluding carboxylic acids is 2. The standard InChI is InChI=1S/C20H23N3O2.ClH/c1-13(14(2)21)19(24)22-17-9-7-16(8-10-17)20(25)23-12-11-15-5-3-4-6-18(15)23;/h3-10,13-14H,11-12,21H2,1-2H3,(H,22,24);1H. The van der Waals surface area contributed by atoms with E-state index in [1.54, 1.807) is 43.0 Å². The van der Waals surface area contributed by atoms with Gasteiger partial charge in [-0.3, -0.25) is 9.59 Å². The first kappa shape index (κ1) is 19.9. The Bertz CT molecular complexity index is 790. The molecule has 2 amide bonds. The lowest BCUT2D eigenvalue weighted by Crippen LogP contribution is -2.34. The number of hydrogen-bond donors (Lipinski definition) is 2. The largest absolute Gasteiger partial charge is 0.327 e. The van der Waals surface area contributed by atoms with Crippen molar-refractivity contribution < 1.29 is 9.59 Å². The number of nitrogens with one attached hydrogen (secondary N) is 1. The first-order valence-electron chi connectivity index (χ1n) is 8.53. The van der Waals surface area contributed by atoms with E-state index in [4.69, 9.17) is 5.73 Å². The van der Waals surface area contributed by atoms with Crippen molar-refractivity contribution in [2.45, 2.75) is 26.3 Å². The molecule has 6 heteroatoms. The predicted molar refractivity (Wildman–Crippen MR) is 107 cm³/mol. The van der Waals surface area contributed by atoms with Crippen molar-refractivity contribution in [3.8, 4) is 0 Å². The summed E-state index contributed by atoms with van der Waals surface area (Å²) in [6, 6.07) is 14.8. The van der Waals surface area contributed by atoms with Gasteiger partial charge in [0.2, 0.25) is 5.91 Å². The molecule has 2 unspecified atom stereocenters. The molecule has 0 saturated carbocycles. The summed E-state index contributed by atoms with van der Waals surface area (Å²) in [7, 11) is 0. The van der Waals surface area contributed by atoms with E-state index in [2.05, 4.69) is 11.4 Å². The molecule has 0 bridgehead atoms. The Hall–Kier alpha value is -2.37. The summed E-state index contributed by atoms with van der Waals surface area (Å²) < 4.78 is 0. The van der Waals surface area contributed by atoms with Gasteiger partial charge in [0.1, 0.15) is 0 Å². The summed E-state index contributed by atoms with van der Waals surface area (Å²) in [5.41, 5.74) is 9.20. The molecule has 138 valence electrons. The van der Waals surface area contributed by atoms with Gasteiger partial charge in [0.15, 0.2) is 0 Å². The Kier molecular flexibility index (Phi) is 6.40. The van der Waals surface area contributed by atoms with Crippen molar-refractivity contribution >= 4 is 35.6 Å². The third-order valence-corrected chi connectivity index (χ3v) is 4.73. The molecule has 3 rings (SSSR count). The van der Waals surface area contributed by atoms with Crippen molar-refractivity contribution in [2.24, 2.45) is 11.7 Å². The van der Waals surface area contributed by atoms with E-state index in [0.29, 0.717) is 17.8 Å². The maximum Gasteiger partial charge on any atom is 0.258 e. The van der Waals surface area contributed by atoms with E-state index in [1.807, 2.05) is 18.2 Å². The molecule has 0 aromatic heterocycles. The Morgan fingerprint density at radius 3 is 2.38 bits per heavy atom. The summed E-state index contributed by atoms with van der Waals surface area (Å²) in [6.45, 7) is 4.30. The highest BCUT2D eigenvalue weighted by Gasteiger charge is 2.25. The number of anilines is 2. The van der Waals surface area contributed by atoms with Gasteiger partial charge in [-0.2, -0.15) is 0 Å². The van der Waals surface area contributed by atoms with Crippen LogP contribution < -0.4 is 16.0 Å². The fraction of sp³-hybridized carbons (Fsp3) is 0.300. The molecule has 0 radical (unpaired) electrons. The van der Waals surface area contributed by atoms with Crippen LogP contribution in [0.5, 0.6) is 0 Å². The maximum atomic E-state index is 12.8. The Morgan fingerprint density at radius 1 is 1.08 bits per heavy atom. The lowest BCUT2D eigenvalue weighted by Gasteiger charge is -2.18. The second-order valence-corrected chi connectivity index (χ2v) is 6.55. The van der Waals surface area contributed by atoms with E-state index in [1.165, 1.54) is 5.56 Å². The first-order valence-corrected chi connectivity index (χ1v) is 8.53. The third-order valence-electron chi connectivity index (χ3n) is 4.73. The van der Waals surface area contributed by atoms with Gasteiger partial charge >= 0.3 is 0 Å². The number of halogens is 1. The van der Waals surface area contributed by atoms with Crippen LogP contribution in [-0.2, 0) is 11.2 Å². The number of benzene rings is 2. The molecule has 2 aromatic carbocycles. The molecule has 0 fully saturated rings. The highest BCUT2D eigenvalue weighted by molar-refractivity contribution is 6.07. The molecule has 2 aromatic rings. The molecule has 1 aliphatic heterocycles. The van der Waals surface area contributed by atoms with Crippen LogP contribution in [0.1, 0.15) is 29.8 Å². The summed E-state index contributed by atoms with van der Waals surface area (Å²) in [5, 5.41) is 2.83. The monoisotopic (exact) mass is 373 g/mol. The molecule has 1 heterocycles. The number of hydrogen-bond acceptors (Lipinski definition) is 3. The highest BCUT2D eigenvalue weighted by Crippen LogP contribution is 2.29. The molecule has 1 aliphatic rings. The van der Waals surface area contributed by atoms with Crippen LogP contribution in [0.15, 0.2) is 48.5 Å². The lowest BCUT2D eigenvalue weighted by atomic mass is 10.0. The highest BCUT2D eigenvalue weighted by atomic mass is 35.5. The number of carbonyl (C=O) groups is 2. The fourth-order valence-electron chi connectivity index (χ4n) is 2.90. The van der Waals surface area contributed by atoms with Crippen LogP contribution in [0.2, 0.25) is 0 Å². The molecule has 0 aliphatic carbocycles. The van der Waals surface area contributed by atoms with Crippen LogP contribution in [-0.4, -0.2) is 24.4 Å². The molecule has 0 saturated heterocycles. The molecular weight excluding hydrogens is 350 g/mol. The van der Waals surface area contributed by atoms with Crippen molar-refractivity contribution in [1.29, 1.82) is 0 Å². The third kappa shape index (κ3) is 4.06. The summed E-state index contributed by atoms with van der Waals surface area (Å²) >= 11 is 0. The fourth-order valence-corrected chi connectivity index (χ4v) is 2.90. The van der Waals surface area contributed by atoms with Crippen molar-refractivity contribution in [3.63, 3.8) is 0 Å². The van der Waals surface area contributed by atoms with Crippen LogP contribution in [0.4, 0.5) is 11.4 Å². The molecule has 3 N–H and O–H groups in total. The Labute approximate surface area is 160 Å². The zero-order chi connectivity index (χ0) is 18.0. The van der Waals surface area contributed by atoms with Gasteiger partial charge in [0.25, 0.3) is 5.91 Å². The second kappa shape index (κ2) is 8.34. The quantitative estimate of drug-likeness (QED) is 0.863. The molecular formula is C20H24ClN3O2. The van der Waals surface area contributed by atoms with Gasteiger partial charge in [-0.15, -0.1) is 12.4 Å². The number of nitrogens with zero attached hydrogens (tertiary/aromatic N) is 1. The van der Waals surface area contributed by atoms with Crippen LogP contribution in [0.3, 0.4) is 0 Å². The van der Waals surface area contributed by atoms with Crippen LogP contribution in [0, 0.1) is 5.92 Å². The molecule has 2 atom stereocenters. The number of fused-ring (bicyclic) bond motifs is 1. The van der Waals surface area contributed by atoms with Gasteiger partial charge in [0, 0.05) is 29.5 Å². The lowest BCUT2D eigenvalue weighted by molar-refractivity contribution is -0.119. The number of rotatable bonds is 4. The predicted octanol–water partition coefficient (Wildman–Crippen LogP) is 3.23. The Morgan fingerprint density at radius 2 is 1.73 bits per heavy atom. The van der Waals surface area contributed by atoms with Crippen molar-refractivity contribution in [1.82, 2.24) is 0 Å². The van der Waals surface area contributed by atoms with E-state index in [-0.39, 0.29) is 36.2 Å². The topological polar surface area (TPSA) is 75.4 Å². The van der Waals surface area contributed by atoms with Gasteiger partial charge in [0.05, 0.1) is 5.92 Å². The normalized spacial score (nSPS) is 14.8. The minimum Gasteiger partial charge on any atom is -0.327 e. The zero-order valence-electron chi connectivity index (χ0n) is 14.9. The number of nitrogens with two attached hydrogens (primary N) is 1. The van der Waals surface area contributed by atoms with E-state index in [9.17, 15) is 9.59 Å². The molecule has 26 heavy (non-hydrogen) atoms. The smallest absolute Gasteiger partial charge is 0.258 e. The number of amides is 2. The number of para-hydroxylation sites is 1. The summed E-state index contributed by atoms with van der Waals surface area (Å²) in [4.78, 5) is 26.6. The SMILES string of the molecule is CC(N)C(C)C(=O)Nc1ccc(C(=O)N2CCc3ccccc32)cc1.Cl. The first-order chi connectivity index (χ1) is 12.0. The summed E-state index contributed by atoms with van der Waals surface area (Å²) in [6.07, 6.45) is 0.880. The van der Waals surface area contributed by atoms with Gasteiger partial charge < -0.3 is 16.0 Å². The van der Waals surface area contributed by atoms with Gasteiger partial charge in [-0.25, -0.2) is 0 Å². The van der Waals surface area contributed by atoms with Crippen LogP contribution in [0.25, 0.3) is 0 Å². The zero-order valence-corrected chi connectivity index (χ0v) is 15.8. The Balaban J connectivity index is 0.00000243. The maximum absolute atomic E-state index is 12.8. The van der Waals surface area contributed by atoms with Crippen molar-refractivity contribution in [3.05, 3.63) is 59.7 Å². The van der Waals surface area contributed by atoms with Crippen molar-refractivity contribution in [2.75, 3.05) is 16.8 Å². The van der Waals surface area contributed by atoms with Gasteiger partial charge in [-0.1, -0.05) is 25.1 Å². The van der Waals surface area contributed by atoms with E-state index in [0.717, 1.165) is 12.1 Å². The average Bonchev–Trinajstić information content (AvgIpc) is 3.05. The second-order valence-electron chi connectivity index (χ2n) is 6.55. The van der Waals surface area contributed by atoms with E-state index >= 15 is 0 Å². The molecule has 5 nitrogen and oxygen atoms in total. The molecule has 0 spiro atoms.